The van der Waals surface area contributed by atoms with Crippen LogP contribution in [0.2, 0.25) is 0 Å². The van der Waals surface area contributed by atoms with Crippen LogP contribution in [0.3, 0.4) is 0 Å². The summed E-state index contributed by atoms with van der Waals surface area (Å²) >= 11 is 1.80. The lowest BCUT2D eigenvalue weighted by atomic mass is 10.2. The summed E-state index contributed by atoms with van der Waals surface area (Å²) in [5.41, 5.74) is 1.37. The van der Waals surface area contributed by atoms with Crippen molar-refractivity contribution >= 4 is 11.8 Å². The van der Waals surface area contributed by atoms with Crippen molar-refractivity contribution in [3.05, 3.63) is 29.8 Å². The highest BCUT2D eigenvalue weighted by atomic mass is 32.2. The van der Waals surface area contributed by atoms with Gasteiger partial charge in [0.25, 0.3) is 0 Å². The molecule has 0 nitrogen and oxygen atoms in total. The molecule has 15 heavy (non-hydrogen) atoms. The van der Waals surface area contributed by atoms with Gasteiger partial charge < -0.3 is 0 Å². The Bertz CT molecular complexity index is 194. The maximum absolute atomic E-state index is 2.14. The number of rotatable bonds is 1. The van der Waals surface area contributed by atoms with E-state index in [2.05, 4.69) is 37.4 Å². The molecular weight excluding hydrogens is 200 g/mol. The van der Waals surface area contributed by atoms with Gasteiger partial charge in [-0.05, 0) is 24.8 Å². The van der Waals surface area contributed by atoms with Crippen LogP contribution in [-0.4, -0.2) is 6.26 Å². The molecule has 0 N–H and O–H groups in total. The molecule has 0 amide bonds. The van der Waals surface area contributed by atoms with Gasteiger partial charge in [-0.25, -0.2) is 0 Å². The van der Waals surface area contributed by atoms with Crippen molar-refractivity contribution < 1.29 is 0 Å². The van der Waals surface area contributed by atoms with Crippen molar-refractivity contribution in [1.82, 2.24) is 0 Å². The molecule has 0 saturated carbocycles. The average Bonchev–Trinajstić information content (AvgIpc) is 2.37. The van der Waals surface area contributed by atoms with Crippen LogP contribution >= 0.6 is 11.8 Å². The van der Waals surface area contributed by atoms with Crippen LogP contribution in [-0.2, 0) is 0 Å². The predicted octanol–water partition coefficient (Wildman–Crippen LogP) is 5.80. The Hall–Kier alpha value is -0.430. The number of aryl methyl sites for hydroxylation is 1. The first-order chi connectivity index (χ1) is 7.34. The molecule has 0 atom stereocenters. The molecule has 0 saturated heterocycles. The molecule has 0 aliphatic heterocycles. The molecule has 1 aromatic carbocycles. The fourth-order valence-electron chi connectivity index (χ4n) is 0.785. The molecule has 0 spiro atoms. The van der Waals surface area contributed by atoms with Gasteiger partial charge in [0, 0.05) is 4.90 Å². The summed E-state index contributed by atoms with van der Waals surface area (Å²) in [5.74, 6) is 0. The second kappa shape index (κ2) is 19.2. The Morgan fingerprint density at radius 3 is 1.47 bits per heavy atom. The van der Waals surface area contributed by atoms with E-state index in [1.807, 2.05) is 41.5 Å². The van der Waals surface area contributed by atoms with E-state index in [0.717, 1.165) is 0 Å². The summed E-state index contributed by atoms with van der Waals surface area (Å²) in [6, 6.07) is 8.40. The summed E-state index contributed by atoms with van der Waals surface area (Å²) in [5, 5.41) is 0. The minimum absolute atomic E-state index is 1.37. The molecule has 0 bridgehead atoms. The smallest absolute Gasteiger partial charge is 0.00983 e. The lowest BCUT2D eigenvalue weighted by molar-refractivity contribution is 1.31. The predicted molar refractivity (Wildman–Crippen MR) is 77.0 cm³/mol. The van der Waals surface area contributed by atoms with Gasteiger partial charge in [-0.2, -0.15) is 0 Å². The molecule has 0 fully saturated rings. The zero-order chi connectivity index (χ0) is 12.7. The molecule has 0 aliphatic rings. The Morgan fingerprint density at radius 2 is 1.20 bits per heavy atom. The maximum Gasteiger partial charge on any atom is 0.00983 e. The molecule has 0 aliphatic carbocycles. The van der Waals surface area contributed by atoms with Gasteiger partial charge >= 0.3 is 0 Å². The van der Waals surface area contributed by atoms with Crippen LogP contribution in [0.4, 0.5) is 0 Å². The molecule has 0 heterocycles. The highest BCUT2D eigenvalue weighted by Gasteiger charge is 1.90. The first-order valence-electron chi connectivity index (χ1n) is 5.94. The number of thioether (sulfide) groups is 1. The van der Waals surface area contributed by atoms with Gasteiger partial charge in [0.05, 0.1) is 0 Å². The average molecular weight is 228 g/mol. The fraction of sp³-hybridized carbons (Fsp3) is 0.571. The molecule has 0 radical (unpaired) electrons. The summed E-state index contributed by atoms with van der Waals surface area (Å²) in [4.78, 5) is 1.37. The summed E-state index contributed by atoms with van der Waals surface area (Å²) in [7, 11) is 0. The van der Waals surface area contributed by atoms with Gasteiger partial charge in [0.2, 0.25) is 0 Å². The summed E-state index contributed by atoms with van der Waals surface area (Å²) in [6.07, 6.45) is 2.10. The molecule has 1 heteroatoms. The Balaban J connectivity index is -0.000000208. The molecular formula is C14H28S. The van der Waals surface area contributed by atoms with Gasteiger partial charge in [0.15, 0.2) is 0 Å². The van der Waals surface area contributed by atoms with Crippen molar-refractivity contribution in [2.45, 2.75) is 53.4 Å². The highest BCUT2D eigenvalue weighted by Crippen LogP contribution is 2.17. The molecule has 0 unspecified atom stereocenters. The summed E-state index contributed by atoms with van der Waals surface area (Å²) in [6.45, 7) is 14.1. The van der Waals surface area contributed by atoms with Gasteiger partial charge in [-0.1, -0.05) is 59.7 Å². The standard InChI is InChI=1S/C8H10S.3C2H6/c1-7-5-3-4-6-8(7)9-2;3*1-2/h3-6H,1-2H3;3*1-2H3. The van der Waals surface area contributed by atoms with Crippen molar-refractivity contribution in [3.63, 3.8) is 0 Å². The van der Waals surface area contributed by atoms with Crippen molar-refractivity contribution in [3.8, 4) is 0 Å². The van der Waals surface area contributed by atoms with Gasteiger partial charge in [-0.15, -0.1) is 11.8 Å². The number of hydrogen-bond donors (Lipinski definition) is 0. The van der Waals surface area contributed by atoms with E-state index in [4.69, 9.17) is 0 Å². The second-order valence-corrected chi connectivity index (χ2v) is 2.82. The molecule has 0 aromatic heterocycles. The topological polar surface area (TPSA) is 0 Å². The third kappa shape index (κ3) is 11.5. The fourth-order valence-corrected chi connectivity index (χ4v) is 1.39. The van der Waals surface area contributed by atoms with Gasteiger partial charge in [-0.3, -0.25) is 0 Å². The maximum atomic E-state index is 2.14. The Labute approximate surface area is 101 Å². The lowest BCUT2D eigenvalue weighted by Gasteiger charge is -1.97. The normalized spacial score (nSPS) is 6.93. The van der Waals surface area contributed by atoms with E-state index in [1.165, 1.54) is 10.5 Å². The Morgan fingerprint density at radius 1 is 0.800 bits per heavy atom. The van der Waals surface area contributed by atoms with E-state index in [0.29, 0.717) is 0 Å². The monoisotopic (exact) mass is 228 g/mol. The lowest BCUT2D eigenvalue weighted by Crippen LogP contribution is -1.74. The van der Waals surface area contributed by atoms with Crippen LogP contribution < -0.4 is 0 Å². The molecule has 1 rings (SSSR count). The van der Waals surface area contributed by atoms with Crippen molar-refractivity contribution in [2.75, 3.05) is 6.26 Å². The third-order valence-corrected chi connectivity index (χ3v) is 2.21. The van der Waals surface area contributed by atoms with Gasteiger partial charge in [0.1, 0.15) is 0 Å². The van der Waals surface area contributed by atoms with Crippen molar-refractivity contribution in [2.24, 2.45) is 0 Å². The van der Waals surface area contributed by atoms with Crippen LogP contribution in [0.1, 0.15) is 47.1 Å². The van der Waals surface area contributed by atoms with Crippen LogP contribution in [0.25, 0.3) is 0 Å². The van der Waals surface area contributed by atoms with E-state index in [9.17, 15) is 0 Å². The van der Waals surface area contributed by atoms with E-state index in [1.54, 1.807) is 11.8 Å². The Kier molecular flexibility index (Phi) is 25.6. The number of hydrogen-bond acceptors (Lipinski definition) is 1. The summed E-state index contributed by atoms with van der Waals surface area (Å²) < 4.78 is 0. The first kappa shape index (κ1) is 20.0. The highest BCUT2D eigenvalue weighted by molar-refractivity contribution is 7.98. The minimum Gasteiger partial charge on any atom is -0.129 e. The van der Waals surface area contributed by atoms with Crippen molar-refractivity contribution in [1.29, 1.82) is 0 Å². The largest absolute Gasteiger partial charge is 0.129 e. The minimum atomic E-state index is 1.37. The first-order valence-corrected chi connectivity index (χ1v) is 7.16. The van der Waals surface area contributed by atoms with Crippen LogP contribution in [0.5, 0.6) is 0 Å². The zero-order valence-corrected chi connectivity index (χ0v) is 12.5. The van der Waals surface area contributed by atoms with E-state index in [-0.39, 0.29) is 0 Å². The zero-order valence-electron chi connectivity index (χ0n) is 11.7. The van der Waals surface area contributed by atoms with E-state index >= 15 is 0 Å². The second-order valence-electron chi connectivity index (χ2n) is 1.97. The quantitative estimate of drug-likeness (QED) is 0.548. The SMILES string of the molecule is CC.CC.CC.CSc1ccccc1C. The number of benzene rings is 1. The van der Waals surface area contributed by atoms with Crippen LogP contribution in [0.15, 0.2) is 29.2 Å². The van der Waals surface area contributed by atoms with E-state index < -0.39 is 0 Å². The third-order valence-electron chi connectivity index (χ3n) is 1.31. The molecule has 1 aromatic rings. The van der Waals surface area contributed by atoms with Crippen LogP contribution in [0, 0.1) is 6.92 Å². The molecule has 90 valence electrons.